The molecular formula is C26H51ClO9. The largest absolute Gasteiger partial charge is 0.463 e. The maximum atomic E-state index is 11.7. The van der Waals surface area contributed by atoms with Gasteiger partial charge in [-0.1, -0.05) is 45.4 Å². The molecule has 0 aromatic carbocycles. The lowest BCUT2D eigenvalue weighted by molar-refractivity contribution is -0.145. The number of carbonyl (C=O) groups is 1. The minimum Gasteiger partial charge on any atom is -0.463 e. The van der Waals surface area contributed by atoms with Crippen LogP contribution in [0.1, 0.15) is 58.3 Å². The van der Waals surface area contributed by atoms with E-state index in [2.05, 4.69) is 6.92 Å². The molecule has 0 aliphatic heterocycles. The Bertz CT molecular complexity index is 430. The van der Waals surface area contributed by atoms with Crippen LogP contribution in [0, 0.1) is 0 Å². The molecule has 0 bridgehead atoms. The van der Waals surface area contributed by atoms with Gasteiger partial charge in [-0.2, -0.15) is 0 Å². The maximum absolute atomic E-state index is 11.7. The topological polar surface area (TPSA) is 90.9 Å². The fourth-order valence-electron chi connectivity index (χ4n) is 2.99. The van der Waals surface area contributed by atoms with Gasteiger partial charge in [-0.15, -0.1) is 11.6 Å². The average molecular weight is 543 g/mol. The Morgan fingerprint density at radius 1 is 0.472 bits per heavy atom. The van der Waals surface area contributed by atoms with E-state index in [9.17, 15) is 4.79 Å². The Hall–Kier alpha value is -0.520. The van der Waals surface area contributed by atoms with Crippen LogP contribution in [-0.4, -0.2) is 111 Å². The molecule has 0 spiro atoms. The second-order valence-corrected chi connectivity index (χ2v) is 8.45. The Morgan fingerprint density at radius 2 is 0.806 bits per heavy atom. The SMILES string of the molecule is CCCCCCCCCC(=O)OCCOCCOCCOCCOCCOCCOCCOCCCl. The first-order valence-electron chi connectivity index (χ1n) is 13.6. The van der Waals surface area contributed by atoms with Crippen molar-refractivity contribution >= 4 is 17.6 Å². The monoisotopic (exact) mass is 542 g/mol. The first-order chi connectivity index (χ1) is 17.8. The number of alkyl halides is 1. The number of unbranched alkanes of at least 4 members (excludes halogenated alkanes) is 6. The first kappa shape index (κ1) is 35.5. The van der Waals surface area contributed by atoms with Crippen LogP contribution in [0.5, 0.6) is 0 Å². The molecule has 0 fully saturated rings. The fourth-order valence-corrected chi connectivity index (χ4v) is 3.10. The average Bonchev–Trinajstić information content (AvgIpc) is 2.88. The van der Waals surface area contributed by atoms with Gasteiger partial charge in [-0.3, -0.25) is 4.79 Å². The number of esters is 1. The Labute approximate surface area is 223 Å². The standard InChI is InChI=1S/C26H51ClO9/c1-2-3-4-5-6-7-8-9-26(28)36-25-24-35-23-22-34-21-20-33-19-18-32-17-16-31-15-14-30-13-12-29-11-10-27/h2-25H2,1H3. The normalized spacial score (nSPS) is 11.3. The van der Waals surface area contributed by atoms with Gasteiger partial charge in [0, 0.05) is 12.3 Å². The number of hydrogen-bond acceptors (Lipinski definition) is 9. The summed E-state index contributed by atoms with van der Waals surface area (Å²) >= 11 is 5.50. The molecule has 216 valence electrons. The van der Waals surface area contributed by atoms with Crippen molar-refractivity contribution < 1.29 is 42.7 Å². The van der Waals surface area contributed by atoms with Gasteiger partial charge in [0.05, 0.1) is 92.5 Å². The highest BCUT2D eigenvalue weighted by atomic mass is 35.5. The molecule has 0 atom stereocenters. The van der Waals surface area contributed by atoms with Crippen molar-refractivity contribution in [2.75, 3.05) is 105 Å². The van der Waals surface area contributed by atoms with Crippen LogP contribution in [-0.2, 0) is 42.7 Å². The zero-order valence-electron chi connectivity index (χ0n) is 22.5. The lowest BCUT2D eigenvalue weighted by Crippen LogP contribution is -2.15. The van der Waals surface area contributed by atoms with Gasteiger partial charge in [0.1, 0.15) is 6.61 Å². The van der Waals surface area contributed by atoms with E-state index in [0.717, 1.165) is 12.8 Å². The molecule has 0 aromatic rings. The highest BCUT2D eigenvalue weighted by Gasteiger charge is 2.02. The maximum Gasteiger partial charge on any atom is 0.305 e. The molecule has 9 nitrogen and oxygen atoms in total. The summed E-state index contributed by atoms with van der Waals surface area (Å²) in [5, 5.41) is 0. The van der Waals surface area contributed by atoms with Crippen molar-refractivity contribution in [1.29, 1.82) is 0 Å². The molecule has 0 saturated carbocycles. The van der Waals surface area contributed by atoms with Crippen LogP contribution < -0.4 is 0 Å². The molecule has 0 saturated heterocycles. The van der Waals surface area contributed by atoms with Crippen molar-refractivity contribution in [3.63, 3.8) is 0 Å². The summed E-state index contributed by atoms with van der Waals surface area (Å²) in [7, 11) is 0. The van der Waals surface area contributed by atoms with Gasteiger partial charge in [0.2, 0.25) is 0 Å². The third-order valence-corrected chi connectivity index (χ3v) is 5.08. The number of carbonyl (C=O) groups excluding carboxylic acids is 1. The number of hydrogen-bond donors (Lipinski definition) is 0. The van der Waals surface area contributed by atoms with E-state index in [1.54, 1.807) is 0 Å². The Balaban J connectivity index is 3.10. The molecule has 0 amide bonds. The van der Waals surface area contributed by atoms with Gasteiger partial charge in [0.25, 0.3) is 0 Å². The summed E-state index contributed by atoms with van der Waals surface area (Å²) in [6.45, 7) is 9.60. The molecule has 0 heterocycles. The molecule has 0 aromatic heterocycles. The van der Waals surface area contributed by atoms with Crippen LogP contribution in [0.2, 0.25) is 0 Å². The van der Waals surface area contributed by atoms with Crippen LogP contribution in [0.25, 0.3) is 0 Å². The fraction of sp³-hybridized carbons (Fsp3) is 0.962. The number of ether oxygens (including phenoxy) is 8. The summed E-state index contributed by atoms with van der Waals surface area (Å²) < 4.78 is 42.8. The Kier molecular flexibility index (Phi) is 32.0. The second kappa shape index (κ2) is 32.5. The molecule has 10 heteroatoms. The van der Waals surface area contributed by atoms with Crippen molar-refractivity contribution in [3.8, 4) is 0 Å². The predicted molar refractivity (Wildman–Crippen MR) is 140 cm³/mol. The van der Waals surface area contributed by atoms with Crippen molar-refractivity contribution in [3.05, 3.63) is 0 Å². The highest BCUT2D eigenvalue weighted by molar-refractivity contribution is 6.17. The number of halogens is 1. The van der Waals surface area contributed by atoms with Gasteiger partial charge in [-0.05, 0) is 6.42 Å². The summed E-state index contributed by atoms with van der Waals surface area (Å²) in [5.74, 6) is 0.363. The third-order valence-electron chi connectivity index (χ3n) is 4.93. The molecule has 0 rings (SSSR count). The smallest absolute Gasteiger partial charge is 0.305 e. The lowest BCUT2D eigenvalue weighted by Gasteiger charge is -2.08. The minimum absolute atomic E-state index is 0.136. The van der Waals surface area contributed by atoms with E-state index in [1.807, 2.05) is 0 Å². The molecular weight excluding hydrogens is 492 g/mol. The summed E-state index contributed by atoms with van der Waals surface area (Å²) in [6, 6.07) is 0. The molecule has 36 heavy (non-hydrogen) atoms. The third kappa shape index (κ3) is 31.5. The van der Waals surface area contributed by atoms with Crippen LogP contribution >= 0.6 is 11.6 Å². The van der Waals surface area contributed by atoms with Crippen molar-refractivity contribution in [2.45, 2.75) is 58.3 Å². The van der Waals surface area contributed by atoms with E-state index in [-0.39, 0.29) is 5.97 Å². The molecule has 0 N–H and O–H groups in total. The van der Waals surface area contributed by atoms with Gasteiger partial charge < -0.3 is 37.9 Å². The van der Waals surface area contributed by atoms with Crippen molar-refractivity contribution in [2.24, 2.45) is 0 Å². The predicted octanol–water partition coefficient (Wildman–Crippen LogP) is 4.03. The number of rotatable bonds is 31. The van der Waals surface area contributed by atoms with Crippen LogP contribution in [0.3, 0.4) is 0 Å². The zero-order chi connectivity index (χ0) is 26.2. The molecule has 0 radical (unpaired) electrons. The van der Waals surface area contributed by atoms with Crippen LogP contribution in [0.15, 0.2) is 0 Å². The van der Waals surface area contributed by atoms with Crippen LogP contribution in [0.4, 0.5) is 0 Å². The highest BCUT2D eigenvalue weighted by Crippen LogP contribution is 2.08. The van der Waals surface area contributed by atoms with Gasteiger partial charge in [-0.25, -0.2) is 0 Å². The minimum atomic E-state index is -0.136. The molecule has 0 aliphatic carbocycles. The van der Waals surface area contributed by atoms with Gasteiger partial charge in [0.15, 0.2) is 0 Å². The quantitative estimate of drug-likeness (QED) is 0.0731. The summed E-state index contributed by atoms with van der Waals surface area (Å²) in [5.41, 5.74) is 0. The first-order valence-corrected chi connectivity index (χ1v) is 14.1. The lowest BCUT2D eigenvalue weighted by atomic mass is 10.1. The Morgan fingerprint density at radius 3 is 1.19 bits per heavy atom. The van der Waals surface area contributed by atoms with E-state index >= 15 is 0 Å². The summed E-state index contributed by atoms with van der Waals surface area (Å²) in [4.78, 5) is 11.7. The second-order valence-electron chi connectivity index (χ2n) is 8.07. The summed E-state index contributed by atoms with van der Waals surface area (Å²) in [6.07, 6.45) is 8.84. The van der Waals surface area contributed by atoms with E-state index in [1.165, 1.54) is 32.1 Å². The van der Waals surface area contributed by atoms with Gasteiger partial charge >= 0.3 is 5.97 Å². The van der Waals surface area contributed by atoms with Crippen molar-refractivity contribution in [1.82, 2.24) is 0 Å². The zero-order valence-corrected chi connectivity index (χ0v) is 23.3. The van der Waals surface area contributed by atoms with E-state index in [4.69, 9.17) is 49.5 Å². The molecule has 0 unspecified atom stereocenters. The van der Waals surface area contributed by atoms with E-state index < -0.39 is 0 Å². The molecule has 0 aliphatic rings. The van der Waals surface area contributed by atoms with E-state index in [0.29, 0.717) is 111 Å².